The topological polar surface area (TPSA) is 60.0 Å². The lowest BCUT2D eigenvalue weighted by Gasteiger charge is -2.38. The van der Waals surface area contributed by atoms with Crippen LogP contribution in [0.5, 0.6) is 17.2 Å². The highest BCUT2D eigenvalue weighted by molar-refractivity contribution is 5.99. The molecule has 1 amide bonds. The number of nitrogens with one attached hydrogen (secondary N) is 1. The average Bonchev–Trinajstić information content (AvgIpc) is 2.77. The lowest BCUT2D eigenvalue weighted by molar-refractivity contribution is -0.130. The van der Waals surface area contributed by atoms with Gasteiger partial charge in [0.1, 0.15) is 12.4 Å². The second kappa shape index (κ2) is 7.94. The zero-order valence-corrected chi connectivity index (χ0v) is 16.1. The molecule has 1 N–H and O–H groups in total. The molecule has 1 saturated heterocycles. The van der Waals surface area contributed by atoms with Crippen molar-refractivity contribution in [3.8, 4) is 17.2 Å². The summed E-state index contributed by atoms with van der Waals surface area (Å²) in [4.78, 5) is 15.3. The number of carbonyl (C=O) groups excluding carboxylic acids is 1. The van der Waals surface area contributed by atoms with E-state index in [9.17, 15) is 4.79 Å². The van der Waals surface area contributed by atoms with Crippen LogP contribution in [0.2, 0.25) is 0 Å². The zero-order chi connectivity index (χ0) is 19.5. The van der Waals surface area contributed by atoms with Crippen LogP contribution in [-0.2, 0) is 4.79 Å². The summed E-state index contributed by atoms with van der Waals surface area (Å²) in [5.41, 5.74) is 2.51. The molecular weight excluding hydrogens is 356 g/mol. The Balaban J connectivity index is 1.65. The van der Waals surface area contributed by atoms with E-state index < -0.39 is 0 Å². The second-order valence-corrected chi connectivity index (χ2v) is 6.80. The molecule has 1 unspecified atom stereocenters. The number of nitrogens with zero attached hydrogens (tertiary/aromatic N) is 1. The third-order valence-electron chi connectivity index (χ3n) is 5.21. The molecule has 1 fully saturated rings. The standard InChI is InChI=1S/C22H24N2O4/c1-26-19-8-4-3-7-17(19)18-13-23-10-11-24(18)22(25)16-12-15-6-5-9-20(27-2)21(15)28-14-16/h3-9,12,18,23H,10-11,13-14H2,1-2H3. The quantitative estimate of drug-likeness (QED) is 0.884. The number of piperazine rings is 1. The van der Waals surface area contributed by atoms with Crippen LogP contribution in [-0.4, -0.2) is 51.3 Å². The van der Waals surface area contributed by atoms with Crippen molar-refractivity contribution in [1.82, 2.24) is 10.2 Å². The van der Waals surface area contributed by atoms with Gasteiger partial charge in [0.25, 0.3) is 5.91 Å². The fraction of sp³-hybridized carbons (Fsp3) is 0.318. The summed E-state index contributed by atoms with van der Waals surface area (Å²) in [6.45, 7) is 2.30. The molecule has 6 nitrogen and oxygen atoms in total. The number of hydrogen-bond donors (Lipinski definition) is 1. The Hall–Kier alpha value is -2.99. The van der Waals surface area contributed by atoms with Gasteiger partial charge < -0.3 is 24.4 Å². The van der Waals surface area contributed by atoms with Crippen molar-refractivity contribution >= 4 is 12.0 Å². The first-order valence-electron chi connectivity index (χ1n) is 9.38. The maximum atomic E-state index is 13.4. The summed E-state index contributed by atoms with van der Waals surface area (Å²) in [7, 11) is 3.27. The first kappa shape index (κ1) is 18.4. The average molecular weight is 380 g/mol. The van der Waals surface area contributed by atoms with Gasteiger partial charge in [-0.1, -0.05) is 30.3 Å². The number of benzene rings is 2. The maximum absolute atomic E-state index is 13.4. The predicted octanol–water partition coefficient (Wildman–Crippen LogP) is 2.65. The fourth-order valence-electron chi connectivity index (χ4n) is 3.82. The highest BCUT2D eigenvalue weighted by Crippen LogP contribution is 2.37. The number of ether oxygens (including phenoxy) is 3. The minimum atomic E-state index is -0.0926. The van der Waals surface area contributed by atoms with E-state index in [1.54, 1.807) is 14.2 Å². The molecule has 0 aromatic heterocycles. The van der Waals surface area contributed by atoms with Gasteiger partial charge in [-0.3, -0.25) is 4.79 Å². The molecule has 0 radical (unpaired) electrons. The predicted molar refractivity (Wildman–Crippen MR) is 107 cm³/mol. The van der Waals surface area contributed by atoms with Gasteiger partial charge in [0.15, 0.2) is 11.5 Å². The third kappa shape index (κ3) is 3.31. The molecule has 6 heteroatoms. The largest absolute Gasteiger partial charge is 0.496 e. The highest BCUT2D eigenvalue weighted by Gasteiger charge is 2.32. The number of carbonyl (C=O) groups is 1. The van der Waals surface area contributed by atoms with E-state index in [-0.39, 0.29) is 18.6 Å². The van der Waals surface area contributed by atoms with Crippen molar-refractivity contribution in [2.24, 2.45) is 0 Å². The molecule has 1 atom stereocenters. The van der Waals surface area contributed by atoms with Crippen molar-refractivity contribution in [3.05, 3.63) is 59.2 Å². The van der Waals surface area contributed by atoms with Crippen LogP contribution < -0.4 is 19.5 Å². The number of rotatable bonds is 4. The Morgan fingerprint density at radius 3 is 2.71 bits per heavy atom. The number of methoxy groups -OCH3 is 2. The van der Waals surface area contributed by atoms with Gasteiger partial charge in [-0.05, 0) is 18.2 Å². The molecule has 2 aliphatic rings. The minimum Gasteiger partial charge on any atom is -0.496 e. The lowest BCUT2D eigenvalue weighted by Crippen LogP contribution is -2.49. The molecule has 0 spiro atoms. The van der Waals surface area contributed by atoms with Crippen molar-refractivity contribution < 1.29 is 19.0 Å². The van der Waals surface area contributed by atoms with Crippen molar-refractivity contribution in [2.45, 2.75) is 6.04 Å². The zero-order valence-electron chi connectivity index (χ0n) is 16.1. The van der Waals surface area contributed by atoms with Crippen LogP contribution >= 0.6 is 0 Å². The first-order chi connectivity index (χ1) is 13.7. The van der Waals surface area contributed by atoms with Crippen LogP contribution in [0.3, 0.4) is 0 Å². The Kier molecular flexibility index (Phi) is 5.21. The Morgan fingerprint density at radius 1 is 1.11 bits per heavy atom. The number of fused-ring (bicyclic) bond motifs is 1. The molecule has 2 aliphatic heterocycles. The summed E-state index contributed by atoms with van der Waals surface area (Å²) in [6.07, 6.45) is 1.91. The molecule has 0 aliphatic carbocycles. The molecule has 4 rings (SSSR count). The summed E-state index contributed by atoms with van der Waals surface area (Å²) < 4.78 is 16.8. The minimum absolute atomic E-state index is 0.00845. The van der Waals surface area contributed by atoms with Gasteiger partial charge in [0.05, 0.1) is 25.8 Å². The van der Waals surface area contributed by atoms with Crippen LogP contribution in [0.1, 0.15) is 17.2 Å². The Labute approximate surface area is 164 Å². The molecule has 2 aromatic rings. The van der Waals surface area contributed by atoms with Gasteiger partial charge >= 0.3 is 0 Å². The third-order valence-corrected chi connectivity index (χ3v) is 5.21. The Morgan fingerprint density at radius 2 is 1.89 bits per heavy atom. The van der Waals surface area contributed by atoms with Crippen molar-refractivity contribution in [1.29, 1.82) is 0 Å². The van der Waals surface area contributed by atoms with E-state index in [2.05, 4.69) is 5.32 Å². The van der Waals surface area contributed by atoms with Gasteiger partial charge in [-0.2, -0.15) is 0 Å². The van der Waals surface area contributed by atoms with E-state index in [4.69, 9.17) is 14.2 Å². The summed E-state index contributed by atoms with van der Waals surface area (Å²) >= 11 is 0. The lowest BCUT2D eigenvalue weighted by atomic mass is 9.99. The van der Waals surface area contributed by atoms with Crippen LogP contribution in [0.25, 0.3) is 6.08 Å². The molecule has 28 heavy (non-hydrogen) atoms. The smallest absolute Gasteiger partial charge is 0.253 e. The van der Waals surface area contributed by atoms with E-state index in [0.717, 1.165) is 23.4 Å². The number of para-hydroxylation sites is 2. The van der Waals surface area contributed by atoms with Gasteiger partial charge in [0, 0.05) is 30.8 Å². The molecule has 0 saturated carbocycles. The second-order valence-electron chi connectivity index (χ2n) is 6.80. The maximum Gasteiger partial charge on any atom is 0.253 e. The van der Waals surface area contributed by atoms with Crippen LogP contribution in [0, 0.1) is 0 Å². The van der Waals surface area contributed by atoms with Crippen molar-refractivity contribution in [3.63, 3.8) is 0 Å². The van der Waals surface area contributed by atoms with E-state index in [1.165, 1.54) is 0 Å². The number of amides is 1. The molecule has 2 aromatic carbocycles. The molecule has 0 bridgehead atoms. The molecular formula is C22H24N2O4. The molecule has 146 valence electrons. The molecule has 2 heterocycles. The Bertz CT molecular complexity index is 909. The van der Waals surface area contributed by atoms with Crippen LogP contribution in [0.4, 0.5) is 0 Å². The first-order valence-corrected chi connectivity index (χ1v) is 9.38. The van der Waals surface area contributed by atoms with Gasteiger partial charge in [-0.25, -0.2) is 0 Å². The van der Waals surface area contributed by atoms with Crippen molar-refractivity contribution in [2.75, 3.05) is 40.5 Å². The summed E-state index contributed by atoms with van der Waals surface area (Å²) in [6, 6.07) is 13.4. The van der Waals surface area contributed by atoms with E-state index in [0.29, 0.717) is 30.2 Å². The highest BCUT2D eigenvalue weighted by atomic mass is 16.5. The SMILES string of the molecule is COc1ccccc1C1CNCCN1C(=O)C1=Cc2cccc(OC)c2OC1. The number of hydrogen-bond acceptors (Lipinski definition) is 5. The normalized spacial score (nSPS) is 18.6. The summed E-state index contributed by atoms with van der Waals surface area (Å²) in [5.74, 6) is 2.14. The van der Waals surface area contributed by atoms with E-state index in [1.807, 2.05) is 53.4 Å². The fourth-order valence-corrected chi connectivity index (χ4v) is 3.82. The monoisotopic (exact) mass is 380 g/mol. The summed E-state index contributed by atoms with van der Waals surface area (Å²) in [5, 5.41) is 3.39. The van der Waals surface area contributed by atoms with Gasteiger partial charge in [-0.15, -0.1) is 0 Å². The van der Waals surface area contributed by atoms with Crippen LogP contribution in [0.15, 0.2) is 48.0 Å². The van der Waals surface area contributed by atoms with E-state index >= 15 is 0 Å². The van der Waals surface area contributed by atoms with Gasteiger partial charge in [0.2, 0.25) is 0 Å².